The summed E-state index contributed by atoms with van der Waals surface area (Å²) >= 11 is 6.24. The van der Waals surface area contributed by atoms with E-state index in [1.54, 1.807) is 23.7 Å². The number of rotatable bonds is 3. The van der Waals surface area contributed by atoms with E-state index >= 15 is 0 Å². The fourth-order valence-corrected chi connectivity index (χ4v) is 3.92. The molecule has 0 spiro atoms. The van der Waals surface area contributed by atoms with E-state index in [-0.39, 0.29) is 0 Å². The van der Waals surface area contributed by atoms with E-state index in [4.69, 9.17) is 10.1 Å². The third kappa shape index (κ3) is 2.27. The van der Waals surface area contributed by atoms with Crippen LogP contribution >= 0.6 is 24.0 Å². The van der Waals surface area contributed by atoms with E-state index in [0.717, 1.165) is 39.7 Å². The van der Waals surface area contributed by atoms with Gasteiger partial charge in [0.15, 0.2) is 5.06 Å². The Morgan fingerprint density at radius 3 is 3.00 bits per heavy atom. The highest BCUT2D eigenvalue weighted by atomic mass is 32.1. The molecule has 0 fully saturated rings. The Morgan fingerprint density at radius 1 is 1.45 bits per heavy atom. The Hall–Kier alpha value is -1.59. The van der Waals surface area contributed by atoms with Gasteiger partial charge in [-0.3, -0.25) is 4.98 Å². The van der Waals surface area contributed by atoms with Crippen LogP contribution in [0.4, 0.5) is 0 Å². The Balaban J connectivity index is 2.07. The van der Waals surface area contributed by atoms with Crippen molar-refractivity contribution in [1.82, 2.24) is 4.98 Å². The third-order valence-corrected chi connectivity index (χ3v) is 4.92. The fourth-order valence-electron chi connectivity index (χ4n) is 2.36. The van der Waals surface area contributed by atoms with Crippen LogP contribution in [-0.2, 0) is 6.42 Å². The summed E-state index contributed by atoms with van der Waals surface area (Å²) in [5.41, 5.74) is 3.31. The number of fused-ring (bicyclic) bond motifs is 1. The summed E-state index contributed by atoms with van der Waals surface area (Å²) in [4.78, 5) is 6.19. The number of nitrogens with one attached hydrogen (secondary N) is 1. The van der Waals surface area contributed by atoms with Gasteiger partial charge in [0.1, 0.15) is 5.75 Å². The summed E-state index contributed by atoms with van der Waals surface area (Å²) in [6, 6.07) is 3.74. The standard InChI is InChI=1S/C15H14N2OS2/c1-9-12-5-4-10(7-16)14(19)13(12)15(20-9)18-11-3-2-6-17-8-11/h2-3,6-8,16,19H,4-5H2,1H3. The molecule has 0 amide bonds. The molecule has 0 aromatic carbocycles. The lowest BCUT2D eigenvalue weighted by Gasteiger charge is -2.16. The van der Waals surface area contributed by atoms with Crippen molar-refractivity contribution in [3.63, 3.8) is 0 Å². The Bertz CT molecular complexity index is 689. The van der Waals surface area contributed by atoms with Crippen molar-refractivity contribution in [3.05, 3.63) is 46.1 Å². The van der Waals surface area contributed by atoms with Gasteiger partial charge >= 0.3 is 0 Å². The molecule has 2 aromatic heterocycles. The molecule has 0 saturated heterocycles. The van der Waals surface area contributed by atoms with Gasteiger partial charge in [0, 0.05) is 27.8 Å². The molecule has 0 saturated carbocycles. The molecule has 0 unspecified atom stereocenters. The van der Waals surface area contributed by atoms with Gasteiger partial charge in [-0.05, 0) is 43.0 Å². The smallest absolute Gasteiger partial charge is 0.189 e. The van der Waals surface area contributed by atoms with E-state index in [0.29, 0.717) is 0 Å². The van der Waals surface area contributed by atoms with Crippen molar-refractivity contribution >= 4 is 35.1 Å². The minimum Gasteiger partial charge on any atom is -0.444 e. The molecule has 1 N–H and O–H groups in total. The van der Waals surface area contributed by atoms with Gasteiger partial charge in [-0.15, -0.1) is 24.0 Å². The minimum absolute atomic E-state index is 0.722. The first-order valence-electron chi connectivity index (χ1n) is 6.33. The van der Waals surface area contributed by atoms with Crippen LogP contribution in [0.25, 0.3) is 4.91 Å². The summed E-state index contributed by atoms with van der Waals surface area (Å²) in [5, 5.41) is 8.33. The SMILES string of the molecule is Cc1sc(Oc2cccnc2)c2c1CCC(C=N)=C2S. The number of hydrogen-bond acceptors (Lipinski definition) is 5. The van der Waals surface area contributed by atoms with Gasteiger partial charge in [0.05, 0.1) is 6.20 Å². The molecule has 0 aliphatic heterocycles. The lowest BCUT2D eigenvalue weighted by Crippen LogP contribution is -2.02. The van der Waals surface area contributed by atoms with E-state index in [2.05, 4.69) is 24.5 Å². The quantitative estimate of drug-likeness (QED) is 0.648. The first kappa shape index (κ1) is 13.4. The predicted octanol–water partition coefficient (Wildman–Crippen LogP) is 4.48. The Labute approximate surface area is 127 Å². The van der Waals surface area contributed by atoms with Crippen LogP contribution in [0.2, 0.25) is 0 Å². The van der Waals surface area contributed by atoms with E-state index in [1.165, 1.54) is 16.7 Å². The van der Waals surface area contributed by atoms with Gasteiger partial charge < -0.3 is 10.1 Å². The number of hydrogen-bond donors (Lipinski definition) is 2. The zero-order valence-electron chi connectivity index (χ0n) is 11.0. The molecular formula is C15H14N2OS2. The molecule has 2 heterocycles. The van der Waals surface area contributed by atoms with Gasteiger partial charge in [-0.2, -0.15) is 0 Å². The van der Waals surface area contributed by atoms with E-state index in [9.17, 15) is 0 Å². The molecular weight excluding hydrogens is 288 g/mol. The van der Waals surface area contributed by atoms with Gasteiger partial charge in [-0.25, -0.2) is 0 Å². The summed E-state index contributed by atoms with van der Waals surface area (Å²) < 4.78 is 5.96. The highest BCUT2D eigenvalue weighted by molar-refractivity contribution is 7.90. The van der Waals surface area contributed by atoms with Crippen molar-refractivity contribution in [2.75, 3.05) is 0 Å². The van der Waals surface area contributed by atoms with Crippen LogP contribution < -0.4 is 4.74 Å². The predicted molar refractivity (Wildman–Crippen MR) is 86.4 cm³/mol. The number of nitrogens with zero attached hydrogens (tertiary/aromatic N) is 1. The van der Waals surface area contributed by atoms with Crippen LogP contribution in [0.5, 0.6) is 10.8 Å². The normalized spacial score (nSPS) is 14.1. The summed E-state index contributed by atoms with van der Waals surface area (Å²) in [6.07, 6.45) is 6.64. The molecule has 20 heavy (non-hydrogen) atoms. The molecule has 1 aliphatic rings. The average Bonchev–Trinajstić information content (AvgIpc) is 2.78. The summed E-state index contributed by atoms with van der Waals surface area (Å²) in [7, 11) is 0. The first-order chi connectivity index (χ1) is 9.70. The maximum atomic E-state index is 7.49. The number of thiol groups is 1. The molecule has 3 rings (SSSR count). The Kier molecular flexibility index (Phi) is 3.63. The number of pyridine rings is 1. The van der Waals surface area contributed by atoms with E-state index in [1.807, 2.05) is 12.1 Å². The average molecular weight is 302 g/mol. The minimum atomic E-state index is 0.722. The fraction of sp³-hybridized carbons (Fsp3) is 0.200. The summed E-state index contributed by atoms with van der Waals surface area (Å²) in [5.74, 6) is 0.722. The van der Waals surface area contributed by atoms with Crippen LogP contribution in [0.3, 0.4) is 0 Å². The van der Waals surface area contributed by atoms with Crippen molar-refractivity contribution < 1.29 is 4.74 Å². The third-order valence-electron chi connectivity index (χ3n) is 3.38. The molecule has 2 aromatic rings. The number of aromatic nitrogens is 1. The summed E-state index contributed by atoms with van der Waals surface area (Å²) in [6.45, 7) is 2.11. The van der Waals surface area contributed by atoms with Crippen molar-refractivity contribution in [3.8, 4) is 10.8 Å². The van der Waals surface area contributed by atoms with Crippen molar-refractivity contribution in [2.24, 2.45) is 0 Å². The molecule has 3 nitrogen and oxygen atoms in total. The number of allylic oxidation sites excluding steroid dienone is 1. The Morgan fingerprint density at radius 2 is 2.30 bits per heavy atom. The molecule has 1 aliphatic carbocycles. The number of thiophene rings is 1. The number of ether oxygens (including phenoxy) is 1. The second kappa shape index (κ2) is 5.42. The highest BCUT2D eigenvalue weighted by Crippen LogP contribution is 2.47. The van der Waals surface area contributed by atoms with Crippen LogP contribution in [0, 0.1) is 12.3 Å². The first-order valence-corrected chi connectivity index (χ1v) is 7.60. The molecule has 5 heteroatoms. The zero-order chi connectivity index (χ0) is 14.1. The van der Waals surface area contributed by atoms with Crippen molar-refractivity contribution in [1.29, 1.82) is 5.41 Å². The molecule has 0 atom stereocenters. The molecule has 0 radical (unpaired) electrons. The maximum Gasteiger partial charge on any atom is 0.189 e. The molecule has 102 valence electrons. The van der Waals surface area contributed by atoms with Gasteiger partial charge in [0.25, 0.3) is 0 Å². The topological polar surface area (TPSA) is 46.0 Å². The van der Waals surface area contributed by atoms with E-state index < -0.39 is 0 Å². The van der Waals surface area contributed by atoms with Crippen molar-refractivity contribution in [2.45, 2.75) is 19.8 Å². The maximum absolute atomic E-state index is 7.49. The monoisotopic (exact) mass is 302 g/mol. The van der Waals surface area contributed by atoms with Gasteiger partial charge in [-0.1, -0.05) is 0 Å². The molecule has 0 bridgehead atoms. The largest absolute Gasteiger partial charge is 0.444 e. The zero-order valence-corrected chi connectivity index (χ0v) is 12.7. The van der Waals surface area contributed by atoms with Gasteiger partial charge in [0.2, 0.25) is 0 Å². The van der Waals surface area contributed by atoms with Crippen LogP contribution in [-0.4, -0.2) is 11.2 Å². The lowest BCUT2D eigenvalue weighted by atomic mass is 9.94. The highest BCUT2D eigenvalue weighted by Gasteiger charge is 2.24. The second-order valence-electron chi connectivity index (χ2n) is 4.61. The lowest BCUT2D eigenvalue weighted by molar-refractivity contribution is 0.492. The van der Waals surface area contributed by atoms with Crippen LogP contribution in [0.15, 0.2) is 30.1 Å². The van der Waals surface area contributed by atoms with Crippen LogP contribution in [0.1, 0.15) is 22.4 Å². The second-order valence-corrected chi connectivity index (χ2v) is 6.24. The number of aryl methyl sites for hydroxylation is 1.